The average molecular weight is 369 g/mol. The zero-order chi connectivity index (χ0) is 19.7. The van der Waals surface area contributed by atoms with Gasteiger partial charge in [-0.25, -0.2) is 14.6 Å². The molecule has 0 amide bonds. The number of ether oxygens (including phenoxy) is 2. The summed E-state index contributed by atoms with van der Waals surface area (Å²) in [5, 5.41) is 9.06. The van der Waals surface area contributed by atoms with Crippen LogP contribution in [0.5, 0.6) is 5.75 Å². The van der Waals surface area contributed by atoms with Gasteiger partial charge in [0.15, 0.2) is 0 Å². The summed E-state index contributed by atoms with van der Waals surface area (Å²) >= 11 is 0. The number of hydrogen-bond acceptors (Lipinski definition) is 7. The minimum absolute atomic E-state index is 0.0255. The Morgan fingerprint density at radius 2 is 1.96 bits per heavy atom. The van der Waals surface area contributed by atoms with Crippen molar-refractivity contribution in [2.45, 2.75) is 6.92 Å². The molecular formula is C18H15N3O6. The predicted molar refractivity (Wildman–Crippen MR) is 96.0 cm³/mol. The molecule has 0 saturated heterocycles. The molecule has 0 fully saturated rings. The van der Waals surface area contributed by atoms with Gasteiger partial charge in [-0.1, -0.05) is 12.1 Å². The molecular weight excluding hydrogens is 354 g/mol. The van der Waals surface area contributed by atoms with Crippen LogP contribution in [-0.4, -0.2) is 33.7 Å². The summed E-state index contributed by atoms with van der Waals surface area (Å²) in [6.07, 6.45) is -0.261. The van der Waals surface area contributed by atoms with Crippen LogP contribution in [0.1, 0.15) is 15.9 Å². The lowest BCUT2D eigenvalue weighted by atomic mass is 10.0. The standard InChI is InChI=1S/C18H15N3O6/c1-9-5-4-8-21-15(9)20-13(14(16(21)22)27-18(24)25)12-10(17(23)26-2)6-3-7-11(12)19/h3-8H,19H2,1-2H3,(H,24,25). The van der Waals surface area contributed by atoms with Gasteiger partial charge in [-0.15, -0.1) is 0 Å². The van der Waals surface area contributed by atoms with Gasteiger partial charge in [0.25, 0.3) is 0 Å². The summed E-state index contributed by atoms with van der Waals surface area (Å²) in [5.74, 6) is -1.28. The topological polar surface area (TPSA) is 133 Å². The molecule has 1 aromatic carbocycles. The van der Waals surface area contributed by atoms with Crippen LogP contribution in [0.25, 0.3) is 16.9 Å². The highest BCUT2D eigenvalue weighted by atomic mass is 16.7. The molecule has 27 heavy (non-hydrogen) atoms. The first-order valence-corrected chi connectivity index (χ1v) is 7.75. The van der Waals surface area contributed by atoms with Gasteiger partial charge in [-0.05, 0) is 30.7 Å². The molecule has 0 aliphatic rings. The number of pyridine rings is 1. The van der Waals surface area contributed by atoms with Gasteiger partial charge in [-0.3, -0.25) is 9.20 Å². The number of aromatic nitrogens is 2. The molecule has 0 aliphatic heterocycles. The minimum Gasteiger partial charge on any atom is -0.465 e. The molecule has 9 heteroatoms. The van der Waals surface area contributed by atoms with Crippen LogP contribution in [0.3, 0.4) is 0 Å². The summed E-state index contributed by atoms with van der Waals surface area (Å²) in [5.41, 5.74) is 6.24. The highest BCUT2D eigenvalue weighted by Gasteiger charge is 2.25. The molecule has 0 aliphatic carbocycles. The number of esters is 1. The normalized spacial score (nSPS) is 10.6. The molecule has 2 heterocycles. The third-order valence-electron chi connectivity index (χ3n) is 3.94. The smallest absolute Gasteiger partial charge is 0.465 e. The van der Waals surface area contributed by atoms with E-state index in [1.807, 2.05) is 0 Å². The van der Waals surface area contributed by atoms with Gasteiger partial charge in [0, 0.05) is 17.4 Å². The fourth-order valence-corrected chi connectivity index (χ4v) is 2.75. The van der Waals surface area contributed by atoms with Crippen molar-refractivity contribution in [3.8, 4) is 17.0 Å². The fraction of sp³-hybridized carbons (Fsp3) is 0.111. The van der Waals surface area contributed by atoms with Crippen LogP contribution in [0.4, 0.5) is 10.5 Å². The van der Waals surface area contributed by atoms with Gasteiger partial charge >= 0.3 is 17.7 Å². The number of carbonyl (C=O) groups excluding carboxylic acids is 1. The number of fused-ring (bicyclic) bond motifs is 1. The Hall–Kier alpha value is -3.88. The number of benzene rings is 1. The van der Waals surface area contributed by atoms with Gasteiger partial charge in [0.2, 0.25) is 5.75 Å². The molecule has 0 radical (unpaired) electrons. The van der Waals surface area contributed by atoms with Crippen LogP contribution in [-0.2, 0) is 4.74 Å². The first-order chi connectivity index (χ1) is 12.8. The van der Waals surface area contributed by atoms with Gasteiger partial charge < -0.3 is 20.3 Å². The number of hydrogen-bond donors (Lipinski definition) is 2. The number of nitrogens with two attached hydrogens (primary N) is 1. The van der Waals surface area contributed by atoms with Crippen molar-refractivity contribution in [3.05, 3.63) is 58.0 Å². The quantitative estimate of drug-likeness (QED) is 0.529. The van der Waals surface area contributed by atoms with Crippen molar-refractivity contribution < 1.29 is 24.2 Å². The van der Waals surface area contributed by atoms with E-state index < -0.39 is 23.4 Å². The molecule has 0 spiro atoms. The van der Waals surface area contributed by atoms with Crippen molar-refractivity contribution >= 4 is 23.5 Å². The predicted octanol–water partition coefficient (Wildman–Crippen LogP) is 2.10. The number of aryl methyl sites for hydroxylation is 1. The monoisotopic (exact) mass is 369 g/mol. The molecule has 138 valence electrons. The molecule has 3 rings (SSSR count). The highest BCUT2D eigenvalue weighted by Crippen LogP contribution is 2.34. The Bertz CT molecular complexity index is 1140. The summed E-state index contributed by atoms with van der Waals surface area (Å²) in [4.78, 5) is 40.5. The molecule has 3 aromatic rings. The largest absolute Gasteiger partial charge is 0.511 e. The molecule has 0 unspecified atom stereocenters. The molecule has 0 saturated carbocycles. The molecule has 2 aromatic heterocycles. The van der Waals surface area contributed by atoms with Gasteiger partial charge in [0.05, 0.1) is 12.7 Å². The molecule has 0 bridgehead atoms. The van der Waals surface area contributed by atoms with Gasteiger partial charge in [-0.2, -0.15) is 0 Å². The Labute approximate surface area is 152 Å². The Morgan fingerprint density at radius 1 is 1.22 bits per heavy atom. The summed E-state index contributed by atoms with van der Waals surface area (Å²) in [6, 6.07) is 7.81. The average Bonchev–Trinajstić information content (AvgIpc) is 2.63. The number of rotatable bonds is 3. The lowest BCUT2D eigenvalue weighted by Crippen LogP contribution is -2.22. The van der Waals surface area contributed by atoms with E-state index >= 15 is 0 Å². The van der Waals surface area contributed by atoms with Crippen molar-refractivity contribution in [2.24, 2.45) is 0 Å². The Morgan fingerprint density at radius 3 is 2.63 bits per heavy atom. The van der Waals surface area contributed by atoms with E-state index in [4.69, 9.17) is 20.3 Å². The highest BCUT2D eigenvalue weighted by molar-refractivity contribution is 6.01. The SMILES string of the molecule is COC(=O)c1cccc(N)c1-c1nc2c(C)cccn2c(=O)c1OC(=O)O. The van der Waals surface area contributed by atoms with Gasteiger partial charge in [0.1, 0.15) is 11.3 Å². The maximum Gasteiger partial charge on any atom is 0.511 e. The van der Waals surface area contributed by atoms with Crippen LogP contribution in [0.2, 0.25) is 0 Å². The molecule has 3 N–H and O–H groups in total. The second-order valence-corrected chi connectivity index (χ2v) is 5.61. The van der Waals surface area contributed by atoms with Crippen LogP contribution in [0.15, 0.2) is 41.3 Å². The summed E-state index contributed by atoms with van der Waals surface area (Å²) in [6.45, 7) is 1.73. The Kier molecular flexibility index (Phi) is 4.51. The number of carbonyl (C=O) groups is 2. The third-order valence-corrected chi connectivity index (χ3v) is 3.94. The van der Waals surface area contributed by atoms with E-state index in [0.29, 0.717) is 5.56 Å². The first-order valence-electron chi connectivity index (χ1n) is 7.75. The van der Waals surface area contributed by atoms with E-state index in [1.54, 1.807) is 19.1 Å². The number of carboxylic acid groups (broad SMARTS) is 1. The van der Waals surface area contributed by atoms with E-state index in [-0.39, 0.29) is 28.2 Å². The maximum absolute atomic E-state index is 12.8. The van der Waals surface area contributed by atoms with E-state index in [9.17, 15) is 14.4 Å². The number of nitrogens with zero attached hydrogens (tertiary/aromatic N) is 2. The van der Waals surface area contributed by atoms with E-state index in [0.717, 1.165) is 4.40 Å². The van der Waals surface area contributed by atoms with Crippen molar-refractivity contribution in [2.75, 3.05) is 12.8 Å². The number of anilines is 1. The summed E-state index contributed by atoms with van der Waals surface area (Å²) in [7, 11) is 1.19. The maximum atomic E-state index is 12.8. The molecule has 9 nitrogen and oxygen atoms in total. The third kappa shape index (κ3) is 3.06. The second kappa shape index (κ2) is 6.79. The Balaban J connectivity index is 2.48. The fourth-order valence-electron chi connectivity index (χ4n) is 2.75. The lowest BCUT2D eigenvalue weighted by molar-refractivity contribution is 0.0601. The van der Waals surface area contributed by atoms with E-state index in [2.05, 4.69) is 4.98 Å². The lowest BCUT2D eigenvalue weighted by Gasteiger charge is -2.14. The van der Waals surface area contributed by atoms with Crippen LogP contribution < -0.4 is 16.0 Å². The minimum atomic E-state index is -1.70. The number of nitrogen functional groups attached to an aromatic ring is 1. The van der Waals surface area contributed by atoms with E-state index in [1.165, 1.54) is 31.5 Å². The second-order valence-electron chi connectivity index (χ2n) is 5.61. The molecule has 0 atom stereocenters. The first kappa shape index (κ1) is 17.9. The zero-order valence-corrected chi connectivity index (χ0v) is 14.4. The number of methoxy groups -OCH3 is 1. The van der Waals surface area contributed by atoms with Crippen LogP contribution >= 0.6 is 0 Å². The zero-order valence-electron chi connectivity index (χ0n) is 14.4. The van der Waals surface area contributed by atoms with Crippen molar-refractivity contribution in [3.63, 3.8) is 0 Å². The van der Waals surface area contributed by atoms with Crippen LogP contribution in [0, 0.1) is 6.92 Å². The summed E-state index contributed by atoms with van der Waals surface area (Å²) < 4.78 is 10.6. The van der Waals surface area contributed by atoms with Crippen molar-refractivity contribution in [1.29, 1.82) is 0 Å². The van der Waals surface area contributed by atoms with Crippen molar-refractivity contribution in [1.82, 2.24) is 9.38 Å².